The van der Waals surface area contributed by atoms with Gasteiger partial charge in [-0.2, -0.15) is 0 Å². The molecule has 1 aromatic carbocycles. The Labute approximate surface area is 172 Å². The van der Waals surface area contributed by atoms with Crippen molar-refractivity contribution in [1.29, 1.82) is 0 Å². The first kappa shape index (κ1) is 19.4. The summed E-state index contributed by atoms with van der Waals surface area (Å²) in [5, 5.41) is 14.9. The maximum atomic E-state index is 13.0. The molecule has 4 rings (SSSR count). The van der Waals surface area contributed by atoms with E-state index < -0.39 is 12.0 Å². The molecule has 3 atom stereocenters. The number of aliphatic hydroxyl groups excluding tert-OH is 1. The highest BCUT2D eigenvalue weighted by molar-refractivity contribution is 7.10. The van der Waals surface area contributed by atoms with Gasteiger partial charge in [0.25, 0.3) is 0 Å². The highest BCUT2D eigenvalue weighted by Crippen LogP contribution is 2.43. The van der Waals surface area contributed by atoms with E-state index >= 15 is 0 Å². The zero-order valence-corrected chi connectivity index (χ0v) is 16.8. The summed E-state index contributed by atoms with van der Waals surface area (Å²) >= 11 is 1.53. The molecule has 1 aliphatic rings. The predicted molar refractivity (Wildman–Crippen MR) is 111 cm³/mol. The average Bonchev–Trinajstić information content (AvgIpc) is 3.47. The van der Waals surface area contributed by atoms with Crippen molar-refractivity contribution >= 4 is 28.8 Å². The standard InChI is InChI=1S/C22H22N2O4S/c1-14-6-8-15(9-7-14)24-20(26)12-16(21(24)19-5-3-11-29-19)22(27)23-13-17(25)18-4-2-10-28-18/h2-11,16-17,21,25H,12-13H2,1H3,(H,23,27). The summed E-state index contributed by atoms with van der Waals surface area (Å²) in [6, 6.07) is 14.6. The summed E-state index contributed by atoms with van der Waals surface area (Å²) in [5.41, 5.74) is 1.89. The summed E-state index contributed by atoms with van der Waals surface area (Å²) in [4.78, 5) is 28.5. The fourth-order valence-corrected chi connectivity index (χ4v) is 4.55. The molecule has 1 saturated heterocycles. The molecule has 0 aliphatic carbocycles. The molecule has 3 unspecified atom stereocenters. The molecule has 1 fully saturated rings. The zero-order chi connectivity index (χ0) is 20.4. The minimum Gasteiger partial charge on any atom is -0.467 e. The summed E-state index contributed by atoms with van der Waals surface area (Å²) in [6.07, 6.45) is 0.668. The number of carbonyl (C=O) groups is 2. The third-order valence-corrected chi connectivity index (χ3v) is 6.09. The van der Waals surface area contributed by atoms with Crippen LogP contribution in [-0.2, 0) is 9.59 Å². The maximum absolute atomic E-state index is 13.0. The lowest BCUT2D eigenvalue weighted by molar-refractivity contribution is -0.127. The van der Waals surface area contributed by atoms with Gasteiger partial charge in [-0.1, -0.05) is 23.8 Å². The van der Waals surface area contributed by atoms with E-state index in [-0.39, 0.29) is 30.8 Å². The van der Waals surface area contributed by atoms with Crippen LogP contribution in [0.5, 0.6) is 0 Å². The fourth-order valence-electron chi connectivity index (χ4n) is 3.67. The normalized spacial score (nSPS) is 20.1. The van der Waals surface area contributed by atoms with E-state index in [1.165, 1.54) is 17.6 Å². The molecule has 7 heteroatoms. The Morgan fingerprint density at radius 1 is 1.28 bits per heavy atom. The van der Waals surface area contributed by atoms with Gasteiger partial charge >= 0.3 is 0 Å². The third kappa shape index (κ3) is 3.97. The van der Waals surface area contributed by atoms with Gasteiger partial charge in [-0.05, 0) is 42.6 Å². The molecule has 1 aliphatic heterocycles. The van der Waals surface area contributed by atoms with Crippen molar-refractivity contribution in [3.05, 3.63) is 76.4 Å². The first-order valence-electron chi connectivity index (χ1n) is 9.46. The number of furan rings is 1. The second-order valence-electron chi connectivity index (χ2n) is 7.15. The van der Waals surface area contributed by atoms with Gasteiger partial charge < -0.3 is 19.7 Å². The van der Waals surface area contributed by atoms with Crippen molar-refractivity contribution in [2.24, 2.45) is 5.92 Å². The van der Waals surface area contributed by atoms with Crippen LogP contribution in [0.1, 0.15) is 34.8 Å². The Bertz CT molecular complexity index is 967. The van der Waals surface area contributed by atoms with Crippen molar-refractivity contribution in [1.82, 2.24) is 5.32 Å². The Hall–Kier alpha value is -2.90. The molecule has 0 spiro atoms. The number of rotatable bonds is 6. The zero-order valence-electron chi connectivity index (χ0n) is 15.9. The van der Waals surface area contributed by atoms with E-state index in [0.717, 1.165) is 16.1 Å². The van der Waals surface area contributed by atoms with Crippen LogP contribution >= 0.6 is 11.3 Å². The van der Waals surface area contributed by atoms with E-state index in [1.807, 2.05) is 48.7 Å². The van der Waals surface area contributed by atoms with Gasteiger partial charge in [-0.15, -0.1) is 11.3 Å². The SMILES string of the molecule is Cc1ccc(N2C(=O)CC(C(=O)NCC(O)c3ccco3)C2c2cccs2)cc1. The van der Waals surface area contributed by atoms with E-state index in [1.54, 1.807) is 17.0 Å². The Kier molecular flexibility index (Phi) is 5.51. The van der Waals surface area contributed by atoms with Crippen molar-refractivity contribution in [2.45, 2.75) is 25.5 Å². The number of aryl methyl sites for hydroxylation is 1. The first-order valence-corrected chi connectivity index (χ1v) is 10.3. The molecule has 3 heterocycles. The molecule has 2 aromatic heterocycles. The highest BCUT2D eigenvalue weighted by Gasteiger charge is 2.45. The highest BCUT2D eigenvalue weighted by atomic mass is 32.1. The summed E-state index contributed by atoms with van der Waals surface area (Å²) in [5.74, 6) is -0.480. The molecule has 2 N–H and O–H groups in total. The van der Waals surface area contributed by atoms with Gasteiger partial charge in [0, 0.05) is 17.0 Å². The molecular formula is C22H22N2O4S. The third-order valence-electron chi connectivity index (χ3n) is 5.15. The second-order valence-corrected chi connectivity index (χ2v) is 8.13. The largest absolute Gasteiger partial charge is 0.467 e. The molecule has 2 amide bonds. The van der Waals surface area contributed by atoms with Crippen LogP contribution in [0.2, 0.25) is 0 Å². The smallest absolute Gasteiger partial charge is 0.228 e. The minimum atomic E-state index is -0.931. The van der Waals surface area contributed by atoms with E-state index in [9.17, 15) is 14.7 Å². The van der Waals surface area contributed by atoms with Crippen LogP contribution in [0, 0.1) is 12.8 Å². The van der Waals surface area contributed by atoms with Crippen LogP contribution in [0.3, 0.4) is 0 Å². The lowest BCUT2D eigenvalue weighted by Crippen LogP contribution is -2.37. The summed E-state index contributed by atoms with van der Waals surface area (Å²) in [7, 11) is 0. The number of nitrogens with zero attached hydrogens (tertiary/aromatic N) is 1. The summed E-state index contributed by atoms with van der Waals surface area (Å²) in [6.45, 7) is 2.02. The van der Waals surface area contributed by atoms with Crippen molar-refractivity contribution in [2.75, 3.05) is 11.4 Å². The Balaban J connectivity index is 1.56. The van der Waals surface area contributed by atoms with Crippen LogP contribution in [0.15, 0.2) is 64.6 Å². The lowest BCUT2D eigenvalue weighted by atomic mass is 9.97. The predicted octanol–water partition coefficient (Wildman–Crippen LogP) is 3.59. The molecule has 3 aromatic rings. The number of benzene rings is 1. The first-order chi connectivity index (χ1) is 14.0. The number of hydrogen-bond donors (Lipinski definition) is 2. The van der Waals surface area contributed by atoms with Gasteiger partial charge in [-0.25, -0.2) is 0 Å². The number of nitrogens with one attached hydrogen (secondary N) is 1. The van der Waals surface area contributed by atoms with Gasteiger partial charge in [-0.3, -0.25) is 9.59 Å². The molecule has 6 nitrogen and oxygen atoms in total. The monoisotopic (exact) mass is 410 g/mol. The molecule has 0 saturated carbocycles. The van der Waals surface area contributed by atoms with Crippen LogP contribution in [0.4, 0.5) is 5.69 Å². The molecule has 29 heavy (non-hydrogen) atoms. The van der Waals surface area contributed by atoms with Crippen molar-refractivity contribution < 1.29 is 19.1 Å². The number of aliphatic hydroxyl groups is 1. The van der Waals surface area contributed by atoms with E-state index in [2.05, 4.69) is 5.32 Å². The molecular weight excluding hydrogens is 388 g/mol. The van der Waals surface area contributed by atoms with Gasteiger partial charge in [0.05, 0.1) is 24.8 Å². The number of thiophene rings is 1. The fraction of sp³-hybridized carbons (Fsp3) is 0.273. The van der Waals surface area contributed by atoms with E-state index in [0.29, 0.717) is 5.76 Å². The van der Waals surface area contributed by atoms with Crippen molar-refractivity contribution in [3.8, 4) is 0 Å². The molecule has 150 valence electrons. The number of hydrogen-bond acceptors (Lipinski definition) is 5. The van der Waals surface area contributed by atoms with Gasteiger partial charge in [0.1, 0.15) is 11.9 Å². The Morgan fingerprint density at radius 3 is 2.72 bits per heavy atom. The summed E-state index contributed by atoms with van der Waals surface area (Å²) < 4.78 is 5.17. The number of carbonyl (C=O) groups excluding carboxylic acids is 2. The second kappa shape index (κ2) is 8.23. The average molecular weight is 410 g/mol. The quantitative estimate of drug-likeness (QED) is 0.651. The van der Waals surface area contributed by atoms with Crippen LogP contribution in [-0.4, -0.2) is 23.5 Å². The molecule has 0 bridgehead atoms. The lowest BCUT2D eigenvalue weighted by Gasteiger charge is -2.27. The van der Waals surface area contributed by atoms with Crippen LogP contribution in [0.25, 0.3) is 0 Å². The number of amides is 2. The van der Waals surface area contributed by atoms with Gasteiger partial charge in [0.2, 0.25) is 11.8 Å². The maximum Gasteiger partial charge on any atom is 0.228 e. The van der Waals surface area contributed by atoms with Crippen molar-refractivity contribution in [3.63, 3.8) is 0 Å². The minimum absolute atomic E-state index is 0.0265. The Morgan fingerprint density at radius 2 is 2.07 bits per heavy atom. The van der Waals surface area contributed by atoms with Gasteiger partial charge in [0.15, 0.2) is 0 Å². The topological polar surface area (TPSA) is 82.8 Å². The number of anilines is 1. The van der Waals surface area contributed by atoms with Crippen LogP contribution < -0.4 is 10.2 Å². The van der Waals surface area contributed by atoms with E-state index in [4.69, 9.17) is 4.42 Å². The molecule has 0 radical (unpaired) electrons.